The molecule has 1 fully saturated rings. The topological polar surface area (TPSA) is 119 Å². The first kappa shape index (κ1) is 32.6. The minimum absolute atomic E-state index is 0.0775. The van der Waals surface area contributed by atoms with Crippen LogP contribution in [0.3, 0.4) is 0 Å². The molecule has 5 rings (SSSR count). The largest absolute Gasteiger partial charge is 0.490 e. The molecule has 9 nitrogen and oxygen atoms in total. The van der Waals surface area contributed by atoms with Crippen LogP contribution in [0.2, 0.25) is 5.02 Å². The summed E-state index contributed by atoms with van der Waals surface area (Å²) in [6.07, 6.45) is 5.18. The molecule has 240 valence electrons. The highest BCUT2D eigenvalue weighted by Gasteiger charge is 2.43. The van der Waals surface area contributed by atoms with E-state index in [1.165, 1.54) is 18.2 Å². The van der Waals surface area contributed by atoms with Crippen LogP contribution in [0, 0.1) is 17.8 Å². The van der Waals surface area contributed by atoms with Crippen molar-refractivity contribution in [3.63, 3.8) is 0 Å². The van der Waals surface area contributed by atoms with Crippen LogP contribution in [0.5, 0.6) is 5.75 Å². The third-order valence-corrected chi connectivity index (χ3v) is 12.0. The molecule has 5 atom stereocenters. The Balaban J connectivity index is 1.37. The summed E-state index contributed by atoms with van der Waals surface area (Å²) in [5.74, 6) is 0.545. The molecule has 0 radical (unpaired) electrons. The number of aryl methyl sites for hydroxylation is 1. The summed E-state index contributed by atoms with van der Waals surface area (Å²) in [5, 5.41) is 5.27. The highest BCUT2D eigenvalue weighted by molar-refractivity contribution is 7.89. The molecule has 0 saturated heterocycles. The van der Waals surface area contributed by atoms with Gasteiger partial charge in [-0.2, -0.15) is 0 Å². The van der Waals surface area contributed by atoms with Crippen LogP contribution < -0.4 is 14.8 Å². The number of ether oxygens (including phenoxy) is 2. The first-order valence-corrected chi connectivity index (χ1v) is 17.4. The molecule has 1 heterocycles. The summed E-state index contributed by atoms with van der Waals surface area (Å²) in [7, 11) is -0.530. The van der Waals surface area contributed by atoms with Crippen molar-refractivity contribution in [3.05, 3.63) is 58.1 Å². The maximum Gasteiger partial charge on any atom is 0.337 e. The van der Waals surface area contributed by atoms with Crippen molar-refractivity contribution in [2.24, 2.45) is 22.9 Å². The van der Waals surface area contributed by atoms with E-state index >= 15 is 0 Å². The summed E-state index contributed by atoms with van der Waals surface area (Å²) in [4.78, 5) is 29.7. The minimum atomic E-state index is -3.71. The number of nitrogens with zero attached hydrogens (tertiary/aromatic N) is 2. The molecular formula is C33H44ClN3O6S. The molecule has 0 aromatic heterocycles. The van der Waals surface area contributed by atoms with Gasteiger partial charge in [0, 0.05) is 43.5 Å². The van der Waals surface area contributed by atoms with Crippen LogP contribution in [-0.4, -0.2) is 70.8 Å². The van der Waals surface area contributed by atoms with Crippen molar-refractivity contribution in [1.29, 1.82) is 0 Å². The van der Waals surface area contributed by atoms with Crippen molar-refractivity contribution in [2.75, 3.05) is 45.3 Å². The lowest BCUT2D eigenvalue weighted by molar-refractivity contribution is -0.132. The van der Waals surface area contributed by atoms with Crippen molar-refractivity contribution in [1.82, 2.24) is 4.90 Å². The van der Waals surface area contributed by atoms with E-state index in [0.29, 0.717) is 30.6 Å². The SMILES string of the molecule is COC(=O)c1ccc2c(c1)N(C[C@@H]1CC[C@H]1CN(C)C(=O)C[C@@H](C)[C@@H](C)S(N)(=O)=O)CC1(CCCc3cc(Cl)ccc31)CO2. The second-order valence-corrected chi connectivity index (χ2v) is 15.5. The van der Waals surface area contributed by atoms with Crippen molar-refractivity contribution in [3.8, 4) is 5.75 Å². The number of rotatable bonds is 9. The number of carbonyl (C=O) groups excluding carboxylic acids is 2. The predicted molar refractivity (Wildman–Crippen MR) is 172 cm³/mol. The first-order chi connectivity index (χ1) is 20.8. The van der Waals surface area contributed by atoms with Crippen LogP contribution in [0.15, 0.2) is 36.4 Å². The molecule has 11 heteroatoms. The molecule has 3 aliphatic rings. The third kappa shape index (κ3) is 6.72. The molecule has 1 aliphatic heterocycles. The summed E-state index contributed by atoms with van der Waals surface area (Å²) in [5.41, 5.74) is 3.67. The highest BCUT2D eigenvalue weighted by atomic mass is 35.5. The Hall–Kier alpha value is -2.82. The van der Waals surface area contributed by atoms with E-state index in [-0.39, 0.29) is 23.7 Å². The lowest BCUT2D eigenvalue weighted by Gasteiger charge is -2.45. The van der Waals surface area contributed by atoms with Crippen molar-refractivity contribution < 1.29 is 27.5 Å². The molecule has 1 amide bonds. The minimum Gasteiger partial charge on any atom is -0.490 e. The Kier molecular flexibility index (Phi) is 9.54. The fraction of sp³-hybridized carbons (Fsp3) is 0.576. The Labute approximate surface area is 266 Å². The standard InChI is InChI=1S/C33H44ClN3O6S/c1-21(22(2)44(35,40)41)14-31(38)36(3)17-25-7-8-26(25)18-37-19-33(13-5-6-23-15-27(34)10-11-28(23)33)20-43-30-12-9-24(16-29(30)37)32(39)42-4/h9-12,15-16,21-22,25-26H,5-8,13-14,17-20H2,1-4H3,(H2,35,40,41)/t21-,22-,25+,26+,33?/m1/s1. The number of hydrogen-bond donors (Lipinski definition) is 1. The maximum absolute atomic E-state index is 13.0. The summed E-state index contributed by atoms with van der Waals surface area (Å²) >= 11 is 6.39. The van der Waals surface area contributed by atoms with E-state index in [4.69, 9.17) is 26.2 Å². The number of hydrogen-bond acceptors (Lipinski definition) is 7. The molecule has 1 unspecified atom stereocenters. The lowest BCUT2D eigenvalue weighted by atomic mass is 9.69. The fourth-order valence-corrected chi connectivity index (χ4v) is 8.07. The van der Waals surface area contributed by atoms with Gasteiger partial charge < -0.3 is 19.3 Å². The van der Waals surface area contributed by atoms with Crippen LogP contribution in [-0.2, 0) is 31.4 Å². The Morgan fingerprint density at radius 3 is 2.61 bits per heavy atom. The third-order valence-electron chi connectivity index (χ3n) is 10.2. The predicted octanol–water partition coefficient (Wildman–Crippen LogP) is 4.79. The number of anilines is 1. The number of primary sulfonamides is 1. The van der Waals surface area contributed by atoms with E-state index in [1.54, 1.807) is 31.9 Å². The number of halogens is 1. The number of fused-ring (bicyclic) bond motifs is 3. The lowest BCUT2D eigenvalue weighted by Crippen LogP contribution is -2.49. The zero-order valence-corrected chi connectivity index (χ0v) is 27.6. The Bertz CT molecular complexity index is 1520. The van der Waals surface area contributed by atoms with Crippen LogP contribution >= 0.6 is 11.6 Å². The van der Waals surface area contributed by atoms with E-state index in [0.717, 1.165) is 61.7 Å². The van der Waals surface area contributed by atoms with Crippen LogP contribution in [0.1, 0.15) is 67.4 Å². The van der Waals surface area contributed by atoms with Gasteiger partial charge in [-0.25, -0.2) is 18.4 Å². The zero-order chi connectivity index (χ0) is 31.8. The summed E-state index contributed by atoms with van der Waals surface area (Å²) in [6, 6.07) is 11.7. The maximum atomic E-state index is 13.0. The summed E-state index contributed by atoms with van der Waals surface area (Å²) < 4.78 is 35.1. The van der Waals surface area contributed by atoms with Gasteiger partial charge >= 0.3 is 5.97 Å². The molecule has 0 bridgehead atoms. The normalized spacial score (nSPS) is 24.2. The summed E-state index contributed by atoms with van der Waals surface area (Å²) in [6.45, 7) is 5.93. The fourth-order valence-electron chi connectivity index (χ4n) is 7.14. The second kappa shape index (κ2) is 12.9. The molecule has 2 N–H and O–H groups in total. The number of carbonyl (C=O) groups is 2. The van der Waals surface area contributed by atoms with Gasteiger partial charge in [0.05, 0.1) is 30.2 Å². The van der Waals surface area contributed by atoms with Crippen LogP contribution in [0.4, 0.5) is 5.69 Å². The van der Waals surface area contributed by atoms with E-state index in [2.05, 4.69) is 17.0 Å². The van der Waals surface area contributed by atoms with Gasteiger partial charge in [0.15, 0.2) is 0 Å². The molecule has 44 heavy (non-hydrogen) atoms. The van der Waals surface area contributed by atoms with E-state index < -0.39 is 21.2 Å². The average Bonchev–Trinajstić information content (AvgIpc) is 3.13. The monoisotopic (exact) mass is 645 g/mol. The van der Waals surface area contributed by atoms with Gasteiger partial charge in [0.25, 0.3) is 0 Å². The second-order valence-electron chi connectivity index (χ2n) is 13.1. The van der Waals surface area contributed by atoms with Gasteiger partial charge in [0.2, 0.25) is 15.9 Å². The quantitative estimate of drug-likeness (QED) is 0.390. The molecular weight excluding hydrogens is 602 g/mol. The first-order valence-electron chi connectivity index (χ1n) is 15.5. The average molecular weight is 646 g/mol. The number of methoxy groups -OCH3 is 1. The van der Waals surface area contributed by atoms with Crippen molar-refractivity contribution >= 4 is 39.2 Å². The van der Waals surface area contributed by atoms with Gasteiger partial charge in [0.1, 0.15) is 5.75 Å². The van der Waals surface area contributed by atoms with Gasteiger partial charge in [-0.1, -0.05) is 24.6 Å². The number of esters is 1. The van der Waals surface area contributed by atoms with E-state index in [9.17, 15) is 18.0 Å². The smallest absolute Gasteiger partial charge is 0.337 e. The number of nitrogens with two attached hydrogens (primary N) is 1. The van der Waals surface area contributed by atoms with Gasteiger partial charge in [-0.3, -0.25) is 4.79 Å². The zero-order valence-electron chi connectivity index (χ0n) is 26.1. The molecule has 1 saturated carbocycles. The molecule has 2 aromatic carbocycles. The van der Waals surface area contributed by atoms with Crippen LogP contribution in [0.25, 0.3) is 0 Å². The van der Waals surface area contributed by atoms with Gasteiger partial charge in [-0.05, 0) is 98.2 Å². The number of sulfonamides is 1. The molecule has 1 spiro atoms. The van der Waals surface area contributed by atoms with Gasteiger partial charge in [-0.15, -0.1) is 0 Å². The molecule has 2 aromatic rings. The van der Waals surface area contributed by atoms with E-state index in [1.807, 2.05) is 18.2 Å². The Morgan fingerprint density at radius 2 is 1.93 bits per heavy atom. The Morgan fingerprint density at radius 1 is 1.18 bits per heavy atom. The van der Waals surface area contributed by atoms with Crippen molar-refractivity contribution in [2.45, 2.75) is 63.0 Å². The number of amides is 1. The highest BCUT2D eigenvalue weighted by Crippen LogP contribution is 2.46. The number of benzene rings is 2. The molecule has 2 aliphatic carbocycles.